The van der Waals surface area contributed by atoms with E-state index in [1.165, 1.54) is 0 Å². The highest BCUT2D eigenvalue weighted by atomic mass is 16.5. The smallest absolute Gasteiger partial charge is 0.259 e. The molecule has 0 unspecified atom stereocenters. The molecule has 0 aliphatic carbocycles. The highest BCUT2D eigenvalue weighted by Gasteiger charge is 2.34. The molecule has 0 saturated heterocycles. The van der Waals surface area contributed by atoms with Crippen LogP contribution in [0.1, 0.15) is 45.7 Å². The second-order valence-corrected chi connectivity index (χ2v) is 9.41. The fourth-order valence-electron chi connectivity index (χ4n) is 4.25. The SMILES string of the molecule is C[C@H]1CN([C@@H](C)CO)C(=O)c2cc(/C=C/c3ccccc3)cnc2O[C@H]1CN(C)C(=O)c1ccncc1. The van der Waals surface area contributed by atoms with E-state index in [1.54, 1.807) is 53.6 Å². The third-order valence-electron chi connectivity index (χ3n) is 6.54. The quantitative estimate of drug-likeness (QED) is 0.532. The van der Waals surface area contributed by atoms with Crippen LogP contribution in [0, 0.1) is 5.92 Å². The number of aliphatic hydroxyl groups is 1. The summed E-state index contributed by atoms with van der Waals surface area (Å²) in [6.07, 6.45) is 8.26. The number of fused-ring (bicyclic) bond motifs is 1. The van der Waals surface area contributed by atoms with Crippen LogP contribution in [0.2, 0.25) is 0 Å². The van der Waals surface area contributed by atoms with Crippen molar-refractivity contribution in [2.24, 2.45) is 5.92 Å². The molecular weight excluding hydrogens is 468 g/mol. The minimum atomic E-state index is -0.422. The normalized spacial score (nSPS) is 18.5. The van der Waals surface area contributed by atoms with Gasteiger partial charge in [-0.15, -0.1) is 0 Å². The van der Waals surface area contributed by atoms with Crippen LogP contribution >= 0.6 is 0 Å². The number of aliphatic hydroxyl groups excluding tert-OH is 1. The molecule has 8 heteroatoms. The summed E-state index contributed by atoms with van der Waals surface area (Å²) in [5.74, 6) is -0.298. The molecule has 3 atom stereocenters. The summed E-state index contributed by atoms with van der Waals surface area (Å²) in [4.78, 5) is 38.3. The second-order valence-electron chi connectivity index (χ2n) is 9.41. The average Bonchev–Trinajstić information content (AvgIpc) is 2.94. The second kappa shape index (κ2) is 11.8. The van der Waals surface area contributed by atoms with Crippen LogP contribution in [0.5, 0.6) is 5.88 Å². The summed E-state index contributed by atoms with van der Waals surface area (Å²) >= 11 is 0. The molecule has 4 rings (SSSR count). The van der Waals surface area contributed by atoms with Crippen molar-refractivity contribution in [2.75, 3.05) is 26.7 Å². The molecule has 3 aromatic rings. The monoisotopic (exact) mass is 500 g/mol. The van der Waals surface area contributed by atoms with Crippen LogP contribution in [0.15, 0.2) is 67.1 Å². The van der Waals surface area contributed by atoms with Gasteiger partial charge in [-0.25, -0.2) is 4.98 Å². The number of carbonyl (C=O) groups is 2. The zero-order valence-corrected chi connectivity index (χ0v) is 21.3. The van der Waals surface area contributed by atoms with Crippen molar-refractivity contribution in [2.45, 2.75) is 26.0 Å². The summed E-state index contributed by atoms with van der Waals surface area (Å²) in [6.45, 7) is 4.29. The van der Waals surface area contributed by atoms with E-state index < -0.39 is 6.10 Å². The standard InChI is InChI=1S/C29H32N4O4/c1-20-17-33(21(2)19-34)29(36)25-15-23(10-9-22-7-5-4-6-8-22)16-31-27(25)37-26(20)18-32(3)28(35)24-11-13-30-14-12-24/h4-16,20-21,26,34H,17-19H2,1-3H3/b10-9+/t20-,21-,26-/m0/s1. The predicted molar refractivity (Wildman–Crippen MR) is 142 cm³/mol. The Morgan fingerprint density at radius 1 is 1.19 bits per heavy atom. The molecule has 1 N–H and O–H groups in total. The molecule has 0 spiro atoms. The number of rotatable bonds is 7. The van der Waals surface area contributed by atoms with Crippen molar-refractivity contribution in [1.82, 2.24) is 19.8 Å². The highest BCUT2D eigenvalue weighted by Crippen LogP contribution is 2.28. The Balaban J connectivity index is 1.64. The summed E-state index contributed by atoms with van der Waals surface area (Å²) in [7, 11) is 1.72. The topological polar surface area (TPSA) is 95.9 Å². The Morgan fingerprint density at radius 3 is 2.59 bits per heavy atom. The van der Waals surface area contributed by atoms with Gasteiger partial charge in [0.15, 0.2) is 0 Å². The number of amides is 2. The summed E-state index contributed by atoms with van der Waals surface area (Å²) < 4.78 is 6.30. The maximum absolute atomic E-state index is 13.6. The van der Waals surface area contributed by atoms with Crippen LogP contribution in [0.3, 0.4) is 0 Å². The van der Waals surface area contributed by atoms with Crippen molar-refractivity contribution in [1.29, 1.82) is 0 Å². The van der Waals surface area contributed by atoms with E-state index in [9.17, 15) is 14.7 Å². The summed E-state index contributed by atoms with van der Waals surface area (Å²) in [5.41, 5.74) is 2.65. The molecule has 2 aromatic heterocycles. The van der Waals surface area contributed by atoms with Crippen molar-refractivity contribution < 1.29 is 19.4 Å². The van der Waals surface area contributed by atoms with Gasteiger partial charge in [-0.1, -0.05) is 49.4 Å². The van der Waals surface area contributed by atoms with Gasteiger partial charge in [0.25, 0.3) is 11.8 Å². The third-order valence-corrected chi connectivity index (χ3v) is 6.54. The van der Waals surface area contributed by atoms with Crippen molar-refractivity contribution in [3.8, 4) is 5.88 Å². The summed E-state index contributed by atoms with van der Waals surface area (Å²) in [6, 6.07) is 14.6. The van der Waals surface area contributed by atoms with Gasteiger partial charge in [0.1, 0.15) is 11.7 Å². The van der Waals surface area contributed by atoms with E-state index in [-0.39, 0.29) is 36.3 Å². The minimum absolute atomic E-state index is 0.127. The number of carbonyl (C=O) groups excluding carboxylic acids is 2. The molecule has 0 bridgehead atoms. The lowest BCUT2D eigenvalue weighted by Crippen LogP contribution is -2.50. The van der Waals surface area contributed by atoms with Crippen LogP contribution < -0.4 is 4.74 Å². The van der Waals surface area contributed by atoms with E-state index in [4.69, 9.17) is 4.74 Å². The van der Waals surface area contributed by atoms with Gasteiger partial charge in [-0.3, -0.25) is 14.6 Å². The van der Waals surface area contributed by atoms with Crippen molar-refractivity contribution in [3.05, 3.63) is 89.4 Å². The van der Waals surface area contributed by atoms with Gasteiger partial charge >= 0.3 is 0 Å². The van der Waals surface area contributed by atoms with Crippen LogP contribution in [0.25, 0.3) is 12.2 Å². The Kier molecular flexibility index (Phi) is 8.30. The molecule has 37 heavy (non-hydrogen) atoms. The van der Waals surface area contributed by atoms with Gasteiger partial charge in [-0.2, -0.15) is 0 Å². The van der Waals surface area contributed by atoms with Gasteiger partial charge in [0.05, 0.1) is 19.2 Å². The number of nitrogens with zero attached hydrogens (tertiary/aromatic N) is 4. The number of likely N-dealkylation sites (N-methyl/N-ethyl adjacent to an activating group) is 1. The first-order valence-electron chi connectivity index (χ1n) is 12.3. The molecule has 0 radical (unpaired) electrons. The van der Waals surface area contributed by atoms with Crippen molar-refractivity contribution in [3.63, 3.8) is 0 Å². The number of benzene rings is 1. The molecule has 0 saturated carbocycles. The Hall–Kier alpha value is -4.04. The maximum atomic E-state index is 13.6. The predicted octanol–water partition coefficient (Wildman–Crippen LogP) is 3.64. The van der Waals surface area contributed by atoms with E-state index in [0.717, 1.165) is 11.1 Å². The number of pyridine rings is 2. The van der Waals surface area contributed by atoms with E-state index >= 15 is 0 Å². The Bertz CT molecular complexity index is 1250. The molecule has 1 aliphatic rings. The van der Waals surface area contributed by atoms with Gasteiger partial charge in [-0.05, 0) is 36.2 Å². The summed E-state index contributed by atoms with van der Waals surface area (Å²) in [5, 5.41) is 9.87. The van der Waals surface area contributed by atoms with Crippen LogP contribution in [-0.4, -0.2) is 75.6 Å². The third kappa shape index (κ3) is 6.21. The molecule has 192 valence electrons. The fraction of sp³-hybridized carbons (Fsp3) is 0.310. The fourth-order valence-corrected chi connectivity index (χ4v) is 4.25. The first-order valence-corrected chi connectivity index (χ1v) is 12.3. The van der Waals surface area contributed by atoms with E-state index in [1.807, 2.05) is 56.3 Å². The first-order chi connectivity index (χ1) is 17.9. The molecule has 1 aliphatic heterocycles. The number of ether oxygens (including phenoxy) is 1. The largest absolute Gasteiger partial charge is 0.472 e. The average molecular weight is 501 g/mol. The van der Waals surface area contributed by atoms with Gasteiger partial charge < -0.3 is 19.6 Å². The molecule has 2 amide bonds. The molecule has 0 fully saturated rings. The minimum Gasteiger partial charge on any atom is -0.472 e. The number of hydrogen-bond acceptors (Lipinski definition) is 6. The number of hydrogen-bond donors (Lipinski definition) is 1. The lowest BCUT2D eigenvalue weighted by atomic mass is 9.99. The van der Waals surface area contributed by atoms with Gasteiger partial charge in [0.2, 0.25) is 5.88 Å². The first kappa shape index (κ1) is 26.0. The van der Waals surface area contributed by atoms with Crippen LogP contribution in [-0.2, 0) is 0 Å². The lowest BCUT2D eigenvalue weighted by Gasteiger charge is -2.37. The molecular formula is C29H32N4O4. The zero-order chi connectivity index (χ0) is 26.4. The highest BCUT2D eigenvalue weighted by molar-refractivity contribution is 5.97. The lowest BCUT2D eigenvalue weighted by molar-refractivity contribution is 0.0313. The van der Waals surface area contributed by atoms with E-state index in [2.05, 4.69) is 9.97 Å². The van der Waals surface area contributed by atoms with Gasteiger partial charge in [0, 0.05) is 43.7 Å². The maximum Gasteiger partial charge on any atom is 0.259 e. The Labute approximate surface area is 217 Å². The molecule has 8 nitrogen and oxygen atoms in total. The zero-order valence-electron chi connectivity index (χ0n) is 21.3. The van der Waals surface area contributed by atoms with Crippen molar-refractivity contribution >= 4 is 24.0 Å². The van der Waals surface area contributed by atoms with Crippen LogP contribution in [0.4, 0.5) is 0 Å². The Morgan fingerprint density at radius 2 is 1.89 bits per heavy atom. The molecule has 1 aromatic carbocycles. The van der Waals surface area contributed by atoms with E-state index in [0.29, 0.717) is 24.2 Å². The molecule has 3 heterocycles. The number of aromatic nitrogens is 2.